The van der Waals surface area contributed by atoms with Crippen molar-refractivity contribution in [3.63, 3.8) is 0 Å². The number of nitrogens with zero attached hydrogens (tertiary/aromatic N) is 4. The first-order valence-electron chi connectivity index (χ1n) is 6.17. The topological polar surface area (TPSA) is 64.7 Å². The van der Waals surface area contributed by atoms with Crippen molar-refractivity contribution in [3.8, 4) is 0 Å². The smallest absolute Gasteiger partial charge is 0.242 e. The van der Waals surface area contributed by atoms with Gasteiger partial charge in [0.05, 0.1) is 33.6 Å². The van der Waals surface area contributed by atoms with Gasteiger partial charge in [-0.15, -0.1) is 0 Å². The van der Waals surface area contributed by atoms with Gasteiger partial charge in [0, 0.05) is 12.7 Å². The fraction of sp³-hybridized carbons (Fsp3) is 0.417. The fourth-order valence-electron chi connectivity index (χ4n) is 1.68. The van der Waals surface area contributed by atoms with Crippen molar-refractivity contribution in [1.29, 1.82) is 0 Å². The molecule has 2 aromatic heterocycles. The molecule has 0 bridgehead atoms. The number of hydrogen-bond acceptors (Lipinski definition) is 3. The zero-order chi connectivity index (χ0) is 14.7. The molecule has 2 aromatic rings. The van der Waals surface area contributed by atoms with E-state index in [1.807, 2.05) is 24.7 Å². The number of halogens is 2. The summed E-state index contributed by atoms with van der Waals surface area (Å²) in [7, 11) is 0. The Hall–Kier alpha value is -1.34. The SMILES string of the molecule is CCn1cc(Br)c(CNC(=O)Cn2ncc(Cl)c2C)n1. The van der Waals surface area contributed by atoms with E-state index in [1.165, 1.54) is 6.20 Å². The Morgan fingerprint density at radius 3 is 2.85 bits per heavy atom. The standard InChI is InChI=1S/C12H15BrClN5O/c1-3-18-6-9(13)11(17-18)5-15-12(20)7-19-8(2)10(14)4-16-19/h4,6H,3,5,7H2,1-2H3,(H,15,20). The van der Waals surface area contributed by atoms with Crippen LogP contribution in [0, 0.1) is 6.92 Å². The van der Waals surface area contributed by atoms with Crippen LogP contribution in [0.2, 0.25) is 5.02 Å². The molecule has 108 valence electrons. The molecule has 0 aliphatic rings. The summed E-state index contributed by atoms with van der Waals surface area (Å²) in [6.07, 6.45) is 3.42. The molecule has 8 heteroatoms. The Labute approximate surface area is 130 Å². The Kier molecular flexibility index (Phi) is 4.82. The van der Waals surface area contributed by atoms with Gasteiger partial charge >= 0.3 is 0 Å². The average Bonchev–Trinajstić information content (AvgIpc) is 2.94. The summed E-state index contributed by atoms with van der Waals surface area (Å²) in [6, 6.07) is 0. The highest BCUT2D eigenvalue weighted by atomic mass is 79.9. The van der Waals surface area contributed by atoms with Gasteiger partial charge in [0.2, 0.25) is 5.91 Å². The van der Waals surface area contributed by atoms with Gasteiger partial charge in [-0.2, -0.15) is 10.2 Å². The van der Waals surface area contributed by atoms with E-state index in [1.54, 1.807) is 4.68 Å². The van der Waals surface area contributed by atoms with Crippen LogP contribution >= 0.6 is 27.5 Å². The van der Waals surface area contributed by atoms with Gasteiger partial charge in [0.15, 0.2) is 0 Å². The summed E-state index contributed by atoms with van der Waals surface area (Å²) in [4.78, 5) is 11.9. The molecule has 0 aliphatic carbocycles. The van der Waals surface area contributed by atoms with Crippen LogP contribution in [0.5, 0.6) is 0 Å². The third-order valence-electron chi connectivity index (χ3n) is 2.90. The molecule has 20 heavy (non-hydrogen) atoms. The fourth-order valence-corrected chi connectivity index (χ4v) is 2.27. The van der Waals surface area contributed by atoms with Crippen molar-refractivity contribution in [2.45, 2.75) is 33.5 Å². The average molecular weight is 361 g/mol. The summed E-state index contributed by atoms with van der Waals surface area (Å²) < 4.78 is 4.26. The molecule has 0 spiro atoms. The Bertz CT molecular complexity index is 621. The minimum atomic E-state index is -0.134. The molecule has 0 saturated carbocycles. The van der Waals surface area contributed by atoms with Crippen molar-refractivity contribution in [3.05, 3.63) is 33.3 Å². The van der Waals surface area contributed by atoms with Crippen LogP contribution in [0.15, 0.2) is 16.9 Å². The van der Waals surface area contributed by atoms with Crippen molar-refractivity contribution in [2.75, 3.05) is 0 Å². The predicted molar refractivity (Wildman–Crippen MR) is 79.4 cm³/mol. The van der Waals surface area contributed by atoms with E-state index < -0.39 is 0 Å². The quantitative estimate of drug-likeness (QED) is 0.888. The summed E-state index contributed by atoms with van der Waals surface area (Å²) in [5.41, 5.74) is 1.58. The monoisotopic (exact) mass is 359 g/mol. The van der Waals surface area contributed by atoms with E-state index in [-0.39, 0.29) is 12.5 Å². The van der Waals surface area contributed by atoms with Gasteiger partial charge in [0.25, 0.3) is 0 Å². The van der Waals surface area contributed by atoms with Crippen LogP contribution in [0.3, 0.4) is 0 Å². The van der Waals surface area contributed by atoms with Crippen LogP contribution in [-0.2, 0) is 24.4 Å². The van der Waals surface area contributed by atoms with Crippen LogP contribution in [0.25, 0.3) is 0 Å². The lowest BCUT2D eigenvalue weighted by atomic mass is 10.4. The van der Waals surface area contributed by atoms with Crippen molar-refractivity contribution < 1.29 is 4.79 Å². The van der Waals surface area contributed by atoms with E-state index in [9.17, 15) is 4.79 Å². The second-order valence-corrected chi connectivity index (χ2v) is 5.55. The second-order valence-electron chi connectivity index (χ2n) is 4.29. The Morgan fingerprint density at radius 1 is 1.55 bits per heavy atom. The van der Waals surface area contributed by atoms with Gasteiger partial charge < -0.3 is 5.32 Å². The zero-order valence-electron chi connectivity index (χ0n) is 11.2. The third kappa shape index (κ3) is 3.40. The van der Waals surface area contributed by atoms with E-state index >= 15 is 0 Å². The maximum Gasteiger partial charge on any atom is 0.242 e. The molecule has 0 aliphatic heterocycles. The minimum Gasteiger partial charge on any atom is -0.349 e. The Balaban J connectivity index is 1.92. The number of aromatic nitrogens is 4. The van der Waals surface area contributed by atoms with Crippen LogP contribution in [0.4, 0.5) is 0 Å². The molecular weight excluding hydrogens is 346 g/mol. The van der Waals surface area contributed by atoms with Crippen molar-refractivity contribution >= 4 is 33.4 Å². The van der Waals surface area contributed by atoms with E-state index in [4.69, 9.17) is 11.6 Å². The Morgan fingerprint density at radius 2 is 2.30 bits per heavy atom. The number of carbonyl (C=O) groups is 1. The van der Waals surface area contributed by atoms with Crippen molar-refractivity contribution in [2.24, 2.45) is 0 Å². The molecule has 0 saturated heterocycles. The molecule has 1 amide bonds. The maximum atomic E-state index is 11.9. The van der Waals surface area contributed by atoms with Gasteiger partial charge in [-0.25, -0.2) is 0 Å². The van der Waals surface area contributed by atoms with E-state index in [2.05, 4.69) is 31.4 Å². The zero-order valence-corrected chi connectivity index (χ0v) is 13.6. The summed E-state index contributed by atoms with van der Waals surface area (Å²) >= 11 is 9.31. The molecule has 6 nitrogen and oxygen atoms in total. The highest BCUT2D eigenvalue weighted by Crippen LogP contribution is 2.15. The molecule has 2 heterocycles. The van der Waals surface area contributed by atoms with Gasteiger partial charge in [0.1, 0.15) is 6.54 Å². The lowest BCUT2D eigenvalue weighted by Gasteiger charge is -2.06. The number of rotatable bonds is 5. The van der Waals surface area contributed by atoms with Crippen LogP contribution in [0.1, 0.15) is 18.3 Å². The van der Waals surface area contributed by atoms with E-state index in [0.717, 1.165) is 22.4 Å². The summed E-state index contributed by atoms with van der Waals surface area (Å²) in [5, 5.41) is 11.8. The first kappa shape index (κ1) is 15.1. The summed E-state index contributed by atoms with van der Waals surface area (Å²) in [5.74, 6) is -0.134. The summed E-state index contributed by atoms with van der Waals surface area (Å²) in [6.45, 7) is 5.14. The highest BCUT2D eigenvalue weighted by Gasteiger charge is 2.11. The second kappa shape index (κ2) is 6.41. The molecule has 0 atom stereocenters. The lowest BCUT2D eigenvalue weighted by molar-refractivity contribution is -0.122. The minimum absolute atomic E-state index is 0.134. The number of carbonyl (C=O) groups excluding carboxylic acids is 1. The maximum absolute atomic E-state index is 11.9. The largest absolute Gasteiger partial charge is 0.349 e. The molecule has 0 fully saturated rings. The van der Waals surface area contributed by atoms with Crippen LogP contribution < -0.4 is 5.32 Å². The first-order valence-corrected chi connectivity index (χ1v) is 7.34. The molecular formula is C12H15BrClN5O. The normalized spacial score (nSPS) is 10.8. The molecule has 0 aromatic carbocycles. The lowest BCUT2D eigenvalue weighted by Crippen LogP contribution is -2.28. The highest BCUT2D eigenvalue weighted by molar-refractivity contribution is 9.10. The first-order chi connectivity index (χ1) is 9.51. The third-order valence-corrected chi connectivity index (χ3v) is 3.93. The number of aryl methyl sites for hydroxylation is 1. The molecule has 1 N–H and O–H groups in total. The van der Waals surface area contributed by atoms with Gasteiger partial charge in [-0.1, -0.05) is 11.6 Å². The van der Waals surface area contributed by atoms with Crippen LogP contribution in [-0.4, -0.2) is 25.5 Å². The number of amides is 1. The van der Waals surface area contributed by atoms with Gasteiger partial charge in [-0.3, -0.25) is 14.2 Å². The number of hydrogen-bond donors (Lipinski definition) is 1. The predicted octanol–water partition coefficient (Wildman–Crippen LogP) is 2.14. The van der Waals surface area contributed by atoms with Crippen molar-refractivity contribution in [1.82, 2.24) is 24.9 Å². The molecule has 0 unspecified atom stereocenters. The number of nitrogens with one attached hydrogen (secondary N) is 1. The van der Waals surface area contributed by atoms with E-state index in [0.29, 0.717) is 11.6 Å². The molecule has 2 rings (SSSR count). The molecule has 0 radical (unpaired) electrons. The van der Waals surface area contributed by atoms with Gasteiger partial charge in [-0.05, 0) is 29.8 Å².